The number of hydrogen-bond acceptors (Lipinski definition) is 1. The van der Waals surface area contributed by atoms with Crippen molar-refractivity contribution in [3.8, 4) is 0 Å². The minimum atomic E-state index is 0.529. The van der Waals surface area contributed by atoms with Gasteiger partial charge < -0.3 is 4.79 Å². The lowest BCUT2D eigenvalue weighted by Crippen LogP contribution is -2.62. The lowest BCUT2D eigenvalue weighted by molar-refractivity contribution is -0.202. The van der Waals surface area contributed by atoms with E-state index in [2.05, 4.69) is 0 Å². The molecule has 7 aliphatic carbocycles. The van der Waals surface area contributed by atoms with Crippen molar-refractivity contribution in [2.24, 2.45) is 47.3 Å². The summed E-state index contributed by atoms with van der Waals surface area (Å²) < 4.78 is 0. The molecule has 0 spiro atoms. The zero-order chi connectivity index (χ0) is 15.4. The van der Waals surface area contributed by atoms with Crippen LogP contribution < -0.4 is 0 Å². The Balaban J connectivity index is 0.000000119. The molecule has 0 heterocycles. The number of aldehydes is 1. The third kappa shape index (κ3) is 2.22. The molecule has 1 heteroatoms. The molecule has 0 saturated heterocycles. The highest BCUT2D eigenvalue weighted by molar-refractivity contribution is 5.54. The zero-order valence-corrected chi connectivity index (χ0v) is 13.9. The van der Waals surface area contributed by atoms with Gasteiger partial charge in [0, 0.05) is 6.42 Å². The van der Waals surface area contributed by atoms with Crippen LogP contribution in [-0.2, 0) is 11.2 Å². The molecular weight excluding hydrogens is 280 g/mol. The summed E-state index contributed by atoms with van der Waals surface area (Å²) in [6, 6.07) is 9.68. The highest BCUT2D eigenvalue weighted by Gasteiger charge is 2.63. The van der Waals surface area contributed by atoms with E-state index >= 15 is 0 Å². The number of carbonyl (C=O) groups excluding carboxylic acids is 1. The van der Waals surface area contributed by atoms with Crippen LogP contribution >= 0.6 is 0 Å². The van der Waals surface area contributed by atoms with Crippen LogP contribution in [0.25, 0.3) is 0 Å². The molecule has 8 bridgehead atoms. The van der Waals surface area contributed by atoms with Gasteiger partial charge in [0.25, 0.3) is 0 Å². The quantitative estimate of drug-likeness (QED) is 0.720. The van der Waals surface area contributed by atoms with E-state index in [0.717, 1.165) is 11.8 Å². The summed E-state index contributed by atoms with van der Waals surface area (Å²) in [5.74, 6) is 9.74. The summed E-state index contributed by atoms with van der Waals surface area (Å²) in [4.78, 5) is 9.97. The van der Waals surface area contributed by atoms with Crippen LogP contribution in [0.3, 0.4) is 0 Å². The second-order valence-electron chi connectivity index (χ2n) is 8.99. The predicted octanol–water partition coefficient (Wildman–Crippen LogP) is 4.75. The zero-order valence-electron chi connectivity index (χ0n) is 13.9. The van der Waals surface area contributed by atoms with E-state index < -0.39 is 0 Å². The molecule has 1 aromatic carbocycles. The molecule has 0 radical (unpaired) electrons. The van der Waals surface area contributed by atoms with E-state index in [0.29, 0.717) is 6.42 Å². The third-order valence-electron chi connectivity index (χ3n) is 8.09. The van der Waals surface area contributed by atoms with Crippen LogP contribution in [0.1, 0.15) is 44.1 Å². The summed E-state index contributed by atoms with van der Waals surface area (Å²) in [6.45, 7) is 0. The van der Waals surface area contributed by atoms with Crippen molar-refractivity contribution in [1.29, 1.82) is 0 Å². The Morgan fingerprint density at radius 1 is 0.696 bits per heavy atom. The number of rotatable bonds is 2. The minimum absolute atomic E-state index is 0.529. The first kappa shape index (κ1) is 14.3. The first-order valence-electron chi connectivity index (χ1n) is 9.81. The van der Waals surface area contributed by atoms with Gasteiger partial charge in [0.05, 0.1) is 0 Å². The van der Waals surface area contributed by atoms with E-state index in [1.54, 1.807) is 38.5 Å². The Morgan fingerprint density at radius 3 is 1.43 bits per heavy atom. The van der Waals surface area contributed by atoms with Crippen molar-refractivity contribution in [3.05, 3.63) is 35.9 Å². The fraction of sp³-hybridized carbons (Fsp3) is 0.682. The molecule has 7 saturated carbocycles. The Hall–Kier alpha value is -1.11. The Morgan fingerprint density at radius 2 is 1.09 bits per heavy atom. The molecule has 0 amide bonds. The van der Waals surface area contributed by atoms with Gasteiger partial charge in [0.15, 0.2) is 0 Å². The topological polar surface area (TPSA) is 17.1 Å². The number of benzene rings is 1. The summed E-state index contributed by atoms with van der Waals surface area (Å²) in [7, 11) is 0. The maximum absolute atomic E-state index is 9.97. The van der Waals surface area contributed by atoms with E-state index in [1.165, 1.54) is 47.3 Å². The average molecular weight is 308 g/mol. The third-order valence-corrected chi connectivity index (χ3v) is 8.09. The van der Waals surface area contributed by atoms with E-state index in [1.807, 2.05) is 30.3 Å². The van der Waals surface area contributed by atoms with Crippen LogP contribution in [0, 0.1) is 47.3 Å². The van der Waals surface area contributed by atoms with Crippen molar-refractivity contribution in [2.45, 2.75) is 44.9 Å². The second kappa shape index (κ2) is 5.46. The summed E-state index contributed by atoms with van der Waals surface area (Å²) in [6.07, 6.45) is 11.4. The van der Waals surface area contributed by atoms with Gasteiger partial charge >= 0.3 is 0 Å². The van der Waals surface area contributed by atoms with E-state index in [4.69, 9.17) is 0 Å². The van der Waals surface area contributed by atoms with Crippen LogP contribution in [-0.4, -0.2) is 6.29 Å². The van der Waals surface area contributed by atoms with Gasteiger partial charge in [-0.2, -0.15) is 0 Å². The van der Waals surface area contributed by atoms with Gasteiger partial charge in [-0.1, -0.05) is 30.3 Å². The molecule has 7 aliphatic rings. The molecule has 7 fully saturated rings. The van der Waals surface area contributed by atoms with Crippen LogP contribution in [0.15, 0.2) is 30.3 Å². The summed E-state index contributed by atoms with van der Waals surface area (Å²) in [5, 5.41) is 0. The molecule has 0 atom stereocenters. The lowest BCUT2D eigenvalue weighted by Gasteiger charge is -2.69. The maximum atomic E-state index is 9.97. The highest BCUT2D eigenvalue weighted by Crippen LogP contribution is 2.71. The first-order chi connectivity index (χ1) is 11.3. The SMILES string of the molecule is C1C2CC3C4CC5CC(C14)C(C2)C3C5.O=CCc1ccccc1. The first-order valence-corrected chi connectivity index (χ1v) is 9.81. The Kier molecular flexibility index (Phi) is 3.39. The number of carbonyl (C=O) groups is 1. The molecule has 0 aliphatic heterocycles. The van der Waals surface area contributed by atoms with Gasteiger partial charge in [0.1, 0.15) is 6.29 Å². The molecule has 23 heavy (non-hydrogen) atoms. The summed E-state index contributed by atoms with van der Waals surface area (Å²) in [5.41, 5.74) is 1.08. The normalized spacial score (nSPS) is 47.3. The van der Waals surface area contributed by atoms with Gasteiger partial charge in [-0.3, -0.25) is 0 Å². The fourth-order valence-electron chi connectivity index (χ4n) is 7.60. The smallest absolute Gasteiger partial charge is 0.124 e. The minimum Gasteiger partial charge on any atom is -0.303 e. The van der Waals surface area contributed by atoms with Crippen molar-refractivity contribution < 1.29 is 4.79 Å². The van der Waals surface area contributed by atoms with Crippen molar-refractivity contribution in [1.82, 2.24) is 0 Å². The van der Waals surface area contributed by atoms with Crippen molar-refractivity contribution in [2.75, 3.05) is 0 Å². The number of hydrogen-bond donors (Lipinski definition) is 0. The van der Waals surface area contributed by atoms with Gasteiger partial charge in [0.2, 0.25) is 0 Å². The molecule has 0 unspecified atom stereocenters. The fourth-order valence-corrected chi connectivity index (χ4v) is 7.60. The van der Waals surface area contributed by atoms with Gasteiger partial charge in [-0.25, -0.2) is 0 Å². The second-order valence-corrected chi connectivity index (χ2v) is 8.99. The van der Waals surface area contributed by atoms with Crippen LogP contribution in [0.2, 0.25) is 0 Å². The van der Waals surface area contributed by atoms with Crippen LogP contribution in [0.5, 0.6) is 0 Å². The Labute approximate surface area is 139 Å². The molecule has 8 rings (SSSR count). The highest BCUT2D eigenvalue weighted by atomic mass is 16.1. The van der Waals surface area contributed by atoms with E-state index in [-0.39, 0.29) is 0 Å². The predicted molar refractivity (Wildman–Crippen MR) is 91.8 cm³/mol. The molecule has 0 N–H and O–H groups in total. The Bertz CT molecular complexity index is 489. The lowest BCUT2D eigenvalue weighted by atomic mass is 9.36. The standard InChI is InChI=1S/C14H20.C8H8O/c1-7-2-12-10-4-8-5-11(9(1)10)13(3-7)14(12)6-8;9-7-6-8-4-2-1-3-5-8/h7-14H,1-6H2;1-5,7H,6H2. The van der Waals surface area contributed by atoms with E-state index in [9.17, 15) is 4.79 Å². The van der Waals surface area contributed by atoms with Crippen molar-refractivity contribution in [3.63, 3.8) is 0 Å². The monoisotopic (exact) mass is 308 g/mol. The molecule has 122 valence electrons. The maximum Gasteiger partial charge on any atom is 0.124 e. The molecule has 0 aromatic heterocycles. The molecule has 1 aromatic rings. The van der Waals surface area contributed by atoms with Crippen molar-refractivity contribution >= 4 is 6.29 Å². The summed E-state index contributed by atoms with van der Waals surface area (Å²) >= 11 is 0. The van der Waals surface area contributed by atoms with Gasteiger partial charge in [-0.05, 0) is 91.4 Å². The van der Waals surface area contributed by atoms with Gasteiger partial charge in [-0.15, -0.1) is 0 Å². The van der Waals surface area contributed by atoms with Crippen LogP contribution in [0.4, 0.5) is 0 Å². The molecular formula is C22H28O. The average Bonchev–Trinajstić information content (AvgIpc) is 2.61. The largest absolute Gasteiger partial charge is 0.303 e. The molecule has 1 nitrogen and oxygen atoms in total.